The predicted octanol–water partition coefficient (Wildman–Crippen LogP) is 3.56. The van der Waals surface area contributed by atoms with Gasteiger partial charge in [-0.25, -0.2) is 4.39 Å². The summed E-state index contributed by atoms with van der Waals surface area (Å²) in [5, 5.41) is 0. The minimum absolute atomic E-state index is 0.224. The van der Waals surface area contributed by atoms with Crippen molar-refractivity contribution in [3.8, 4) is 11.3 Å². The summed E-state index contributed by atoms with van der Waals surface area (Å²) in [5.41, 5.74) is 2.95. The van der Waals surface area contributed by atoms with Gasteiger partial charge in [-0.05, 0) is 41.5 Å². The summed E-state index contributed by atoms with van der Waals surface area (Å²) < 4.78 is 12.6. The van der Waals surface area contributed by atoms with E-state index < -0.39 is 0 Å². The summed E-state index contributed by atoms with van der Waals surface area (Å²) in [6.07, 6.45) is 1.85. The third-order valence-electron chi connectivity index (χ3n) is 2.05. The van der Waals surface area contributed by atoms with Crippen LogP contribution in [0.3, 0.4) is 0 Å². The Morgan fingerprint density at radius 2 is 1.93 bits per heavy atom. The van der Waals surface area contributed by atoms with Crippen molar-refractivity contribution in [1.29, 1.82) is 0 Å². The lowest BCUT2D eigenvalue weighted by Gasteiger charge is -1.96. The number of aromatic nitrogens is 1. The van der Waals surface area contributed by atoms with Crippen LogP contribution >= 0.6 is 11.6 Å². The van der Waals surface area contributed by atoms with Crippen molar-refractivity contribution in [2.24, 2.45) is 0 Å². The maximum atomic E-state index is 12.6. The standard InChI is InChI=1S/C11H9ClFN/c12-6-8-5-11(14-7-8)9-1-3-10(13)4-2-9/h1-5,7,14H,6H2. The number of alkyl halides is 1. The van der Waals surface area contributed by atoms with E-state index in [4.69, 9.17) is 11.6 Å². The van der Waals surface area contributed by atoms with E-state index in [2.05, 4.69) is 4.98 Å². The molecule has 0 saturated carbocycles. The number of benzene rings is 1. The molecule has 2 rings (SSSR count). The van der Waals surface area contributed by atoms with Gasteiger partial charge < -0.3 is 4.98 Å². The monoisotopic (exact) mass is 209 g/mol. The van der Waals surface area contributed by atoms with Gasteiger partial charge in [-0.3, -0.25) is 0 Å². The highest BCUT2D eigenvalue weighted by Gasteiger charge is 2.00. The molecule has 1 nitrogen and oxygen atoms in total. The van der Waals surface area contributed by atoms with Crippen LogP contribution in [0.2, 0.25) is 0 Å². The number of hydrogen-bond acceptors (Lipinski definition) is 0. The first-order valence-corrected chi connectivity index (χ1v) is 4.82. The van der Waals surface area contributed by atoms with Gasteiger partial charge in [0.2, 0.25) is 0 Å². The molecule has 2 aromatic rings. The third kappa shape index (κ3) is 1.80. The Hall–Kier alpha value is -1.28. The second kappa shape index (κ2) is 3.84. The topological polar surface area (TPSA) is 15.8 Å². The molecule has 1 aromatic carbocycles. The molecule has 0 saturated heterocycles. The maximum Gasteiger partial charge on any atom is 0.123 e. The summed E-state index contributed by atoms with van der Waals surface area (Å²) in [7, 11) is 0. The molecule has 0 bridgehead atoms. The molecule has 0 atom stereocenters. The fraction of sp³-hybridized carbons (Fsp3) is 0.0909. The zero-order valence-electron chi connectivity index (χ0n) is 7.43. The van der Waals surface area contributed by atoms with Gasteiger partial charge in [0.05, 0.1) is 0 Å². The Morgan fingerprint density at radius 1 is 1.21 bits per heavy atom. The van der Waals surface area contributed by atoms with Crippen LogP contribution in [0.4, 0.5) is 4.39 Å². The van der Waals surface area contributed by atoms with Crippen LogP contribution in [-0.4, -0.2) is 4.98 Å². The Balaban J connectivity index is 2.34. The SMILES string of the molecule is Fc1ccc(-c2cc(CCl)c[nH]2)cc1. The van der Waals surface area contributed by atoms with Gasteiger partial charge in [0.1, 0.15) is 5.82 Å². The van der Waals surface area contributed by atoms with E-state index in [0.29, 0.717) is 5.88 Å². The summed E-state index contributed by atoms with van der Waals surface area (Å²) in [5.74, 6) is 0.260. The highest BCUT2D eigenvalue weighted by atomic mass is 35.5. The van der Waals surface area contributed by atoms with E-state index in [-0.39, 0.29) is 5.82 Å². The van der Waals surface area contributed by atoms with E-state index >= 15 is 0 Å². The molecule has 0 aliphatic rings. The Bertz CT molecular complexity index is 419. The first-order chi connectivity index (χ1) is 6.79. The molecule has 0 fully saturated rings. The fourth-order valence-electron chi connectivity index (χ4n) is 1.31. The molecule has 0 radical (unpaired) electrons. The molecule has 0 unspecified atom stereocenters. The van der Waals surface area contributed by atoms with Crippen molar-refractivity contribution >= 4 is 11.6 Å². The van der Waals surface area contributed by atoms with Crippen LogP contribution in [0.15, 0.2) is 36.5 Å². The van der Waals surface area contributed by atoms with Crippen LogP contribution in [-0.2, 0) is 5.88 Å². The van der Waals surface area contributed by atoms with Gasteiger partial charge in [0, 0.05) is 17.8 Å². The van der Waals surface area contributed by atoms with Crippen LogP contribution in [0.5, 0.6) is 0 Å². The van der Waals surface area contributed by atoms with Crippen molar-refractivity contribution in [3.05, 3.63) is 47.9 Å². The first-order valence-electron chi connectivity index (χ1n) is 4.29. The summed E-state index contributed by atoms with van der Waals surface area (Å²) in [4.78, 5) is 3.09. The van der Waals surface area contributed by atoms with Gasteiger partial charge in [-0.1, -0.05) is 0 Å². The molecule has 14 heavy (non-hydrogen) atoms. The lowest BCUT2D eigenvalue weighted by molar-refractivity contribution is 0.628. The number of halogens is 2. The molecular weight excluding hydrogens is 201 g/mol. The van der Waals surface area contributed by atoms with E-state index in [9.17, 15) is 4.39 Å². The van der Waals surface area contributed by atoms with Gasteiger partial charge >= 0.3 is 0 Å². The third-order valence-corrected chi connectivity index (χ3v) is 2.36. The van der Waals surface area contributed by atoms with Gasteiger partial charge in [-0.15, -0.1) is 11.6 Å². The fourth-order valence-corrected chi connectivity index (χ4v) is 1.47. The molecule has 72 valence electrons. The first kappa shape index (κ1) is 9.28. The number of H-pyrrole nitrogens is 1. The van der Waals surface area contributed by atoms with Crippen molar-refractivity contribution in [2.75, 3.05) is 0 Å². The Morgan fingerprint density at radius 3 is 2.50 bits per heavy atom. The number of rotatable bonds is 2. The molecule has 1 heterocycles. The summed E-state index contributed by atoms with van der Waals surface area (Å²) >= 11 is 5.67. The van der Waals surface area contributed by atoms with Crippen LogP contribution < -0.4 is 0 Å². The van der Waals surface area contributed by atoms with Crippen molar-refractivity contribution in [3.63, 3.8) is 0 Å². The minimum atomic E-state index is -0.224. The van der Waals surface area contributed by atoms with Crippen molar-refractivity contribution < 1.29 is 4.39 Å². The predicted molar refractivity (Wildman–Crippen MR) is 55.7 cm³/mol. The van der Waals surface area contributed by atoms with Gasteiger partial charge in [-0.2, -0.15) is 0 Å². The molecule has 0 spiro atoms. The minimum Gasteiger partial charge on any atom is -0.361 e. The van der Waals surface area contributed by atoms with Crippen LogP contribution in [0.25, 0.3) is 11.3 Å². The average molecular weight is 210 g/mol. The Labute approximate surface area is 86.5 Å². The van der Waals surface area contributed by atoms with Crippen LogP contribution in [0.1, 0.15) is 5.56 Å². The second-order valence-corrected chi connectivity index (χ2v) is 3.33. The van der Waals surface area contributed by atoms with E-state index in [1.165, 1.54) is 12.1 Å². The summed E-state index contributed by atoms with van der Waals surface area (Å²) in [6.45, 7) is 0. The summed E-state index contributed by atoms with van der Waals surface area (Å²) in [6, 6.07) is 8.31. The zero-order valence-corrected chi connectivity index (χ0v) is 8.18. The van der Waals surface area contributed by atoms with Gasteiger partial charge in [0.25, 0.3) is 0 Å². The molecule has 0 aliphatic heterocycles. The Kier molecular flexibility index (Phi) is 2.55. The molecule has 1 aromatic heterocycles. The second-order valence-electron chi connectivity index (χ2n) is 3.06. The molecular formula is C11H9ClFN. The maximum absolute atomic E-state index is 12.6. The number of hydrogen-bond donors (Lipinski definition) is 1. The average Bonchev–Trinajstić information content (AvgIpc) is 2.67. The van der Waals surface area contributed by atoms with Crippen LogP contribution in [0, 0.1) is 5.82 Å². The van der Waals surface area contributed by atoms with E-state index in [1.807, 2.05) is 12.3 Å². The molecule has 0 amide bonds. The van der Waals surface area contributed by atoms with E-state index in [1.54, 1.807) is 12.1 Å². The lowest BCUT2D eigenvalue weighted by atomic mass is 10.1. The number of nitrogens with one attached hydrogen (secondary N) is 1. The van der Waals surface area contributed by atoms with Crippen molar-refractivity contribution in [2.45, 2.75) is 5.88 Å². The quantitative estimate of drug-likeness (QED) is 0.728. The smallest absolute Gasteiger partial charge is 0.123 e. The molecule has 1 N–H and O–H groups in total. The largest absolute Gasteiger partial charge is 0.361 e. The van der Waals surface area contributed by atoms with E-state index in [0.717, 1.165) is 16.8 Å². The lowest BCUT2D eigenvalue weighted by Crippen LogP contribution is -1.77. The van der Waals surface area contributed by atoms with Gasteiger partial charge in [0.15, 0.2) is 0 Å². The molecule has 3 heteroatoms. The van der Waals surface area contributed by atoms with Crippen molar-refractivity contribution in [1.82, 2.24) is 4.98 Å². The highest BCUT2D eigenvalue weighted by molar-refractivity contribution is 6.17. The molecule has 0 aliphatic carbocycles. The number of aromatic amines is 1. The highest BCUT2D eigenvalue weighted by Crippen LogP contribution is 2.19. The normalized spacial score (nSPS) is 10.4. The zero-order chi connectivity index (χ0) is 9.97.